The van der Waals surface area contributed by atoms with E-state index in [2.05, 4.69) is 0 Å². The first-order chi connectivity index (χ1) is 9.59. The molecule has 0 aliphatic rings. The van der Waals surface area contributed by atoms with Crippen molar-refractivity contribution in [2.24, 2.45) is 0 Å². The fourth-order valence-corrected chi connectivity index (χ4v) is 1.76. The van der Waals surface area contributed by atoms with Crippen molar-refractivity contribution in [1.29, 1.82) is 0 Å². The first kappa shape index (κ1) is 15.9. The number of carboxylic acid groups (broad SMARTS) is 1. The molecular formula is C14H19NO5. The highest BCUT2D eigenvalue weighted by Crippen LogP contribution is 2.17. The summed E-state index contributed by atoms with van der Waals surface area (Å²) in [6, 6.07) is 6.01. The quantitative estimate of drug-likeness (QED) is 0.403. The Morgan fingerprint density at radius 1 is 1.10 bits per heavy atom. The lowest BCUT2D eigenvalue weighted by molar-refractivity contribution is -0.384. The molecule has 110 valence electrons. The van der Waals surface area contributed by atoms with E-state index >= 15 is 0 Å². The number of carbonyl (C=O) groups is 1. The van der Waals surface area contributed by atoms with E-state index < -0.39 is 10.9 Å². The van der Waals surface area contributed by atoms with E-state index in [9.17, 15) is 14.9 Å². The predicted octanol–water partition coefficient (Wildman–Crippen LogP) is 3.40. The molecule has 0 heterocycles. The number of ether oxygens (including phenoxy) is 1. The molecule has 0 bridgehead atoms. The van der Waals surface area contributed by atoms with E-state index in [0.29, 0.717) is 12.4 Å². The van der Waals surface area contributed by atoms with Gasteiger partial charge in [0, 0.05) is 18.6 Å². The van der Waals surface area contributed by atoms with Crippen LogP contribution in [0.15, 0.2) is 24.3 Å². The zero-order valence-corrected chi connectivity index (χ0v) is 11.3. The van der Waals surface area contributed by atoms with Crippen LogP contribution >= 0.6 is 0 Å². The number of aliphatic carboxylic acids is 1. The fraction of sp³-hybridized carbons (Fsp3) is 0.500. The first-order valence-electron chi connectivity index (χ1n) is 6.68. The number of non-ortho nitro benzene ring substituents is 1. The molecule has 0 aromatic heterocycles. The highest BCUT2D eigenvalue weighted by atomic mass is 16.6. The van der Waals surface area contributed by atoms with Crippen molar-refractivity contribution < 1.29 is 19.6 Å². The van der Waals surface area contributed by atoms with Gasteiger partial charge in [-0.3, -0.25) is 14.9 Å². The summed E-state index contributed by atoms with van der Waals surface area (Å²) in [7, 11) is 0. The van der Waals surface area contributed by atoms with Crippen LogP contribution in [0.1, 0.15) is 38.5 Å². The number of hydrogen-bond donors (Lipinski definition) is 1. The second-order valence-electron chi connectivity index (χ2n) is 4.51. The molecule has 0 saturated heterocycles. The molecule has 0 fully saturated rings. The van der Waals surface area contributed by atoms with Crippen LogP contribution in [0.25, 0.3) is 0 Å². The lowest BCUT2D eigenvalue weighted by Crippen LogP contribution is -1.98. The van der Waals surface area contributed by atoms with Gasteiger partial charge in [-0.25, -0.2) is 0 Å². The summed E-state index contributed by atoms with van der Waals surface area (Å²) in [6.45, 7) is 0.566. The van der Waals surface area contributed by atoms with Crippen LogP contribution in [-0.4, -0.2) is 22.6 Å². The van der Waals surface area contributed by atoms with Gasteiger partial charge in [-0.15, -0.1) is 0 Å². The number of nitro benzene ring substituents is 1. The number of benzene rings is 1. The van der Waals surface area contributed by atoms with Crippen molar-refractivity contribution in [2.45, 2.75) is 38.5 Å². The van der Waals surface area contributed by atoms with Crippen LogP contribution in [0.2, 0.25) is 0 Å². The van der Waals surface area contributed by atoms with Gasteiger partial charge in [0.25, 0.3) is 5.69 Å². The molecule has 0 spiro atoms. The largest absolute Gasteiger partial charge is 0.494 e. The van der Waals surface area contributed by atoms with E-state index in [1.54, 1.807) is 12.1 Å². The summed E-state index contributed by atoms with van der Waals surface area (Å²) in [4.78, 5) is 20.3. The summed E-state index contributed by atoms with van der Waals surface area (Å²) >= 11 is 0. The molecule has 0 aliphatic heterocycles. The Bertz CT molecular complexity index is 430. The normalized spacial score (nSPS) is 10.2. The zero-order chi connectivity index (χ0) is 14.8. The number of rotatable bonds is 10. The maximum absolute atomic E-state index is 10.5. The van der Waals surface area contributed by atoms with Crippen LogP contribution < -0.4 is 4.74 Å². The van der Waals surface area contributed by atoms with E-state index in [-0.39, 0.29) is 12.1 Å². The second-order valence-corrected chi connectivity index (χ2v) is 4.51. The predicted molar refractivity (Wildman–Crippen MR) is 73.9 cm³/mol. The topological polar surface area (TPSA) is 89.7 Å². The molecule has 1 aromatic rings. The van der Waals surface area contributed by atoms with Crippen LogP contribution in [0.4, 0.5) is 5.69 Å². The molecule has 0 amide bonds. The fourth-order valence-electron chi connectivity index (χ4n) is 1.76. The van der Waals surface area contributed by atoms with Crippen LogP contribution in [0, 0.1) is 10.1 Å². The molecular weight excluding hydrogens is 262 g/mol. The van der Waals surface area contributed by atoms with Gasteiger partial charge in [-0.05, 0) is 25.0 Å². The Kier molecular flexibility index (Phi) is 7.10. The molecule has 6 nitrogen and oxygen atoms in total. The molecule has 1 aromatic carbocycles. The first-order valence-corrected chi connectivity index (χ1v) is 6.68. The molecule has 0 unspecified atom stereocenters. The lowest BCUT2D eigenvalue weighted by atomic mass is 10.1. The SMILES string of the molecule is O=C(O)CCCCCCCOc1ccc([N+](=O)[O-])cc1. The smallest absolute Gasteiger partial charge is 0.303 e. The monoisotopic (exact) mass is 281 g/mol. The Morgan fingerprint density at radius 2 is 1.70 bits per heavy atom. The standard InChI is InChI=1S/C14H19NO5/c16-14(17)6-4-2-1-3-5-11-20-13-9-7-12(8-10-13)15(18)19/h7-10H,1-6,11H2,(H,16,17). The van der Waals surface area contributed by atoms with Crippen LogP contribution in [0.5, 0.6) is 5.75 Å². The number of nitrogens with zero attached hydrogens (tertiary/aromatic N) is 1. The Morgan fingerprint density at radius 3 is 2.30 bits per heavy atom. The lowest BCUT2D eigenvalue weighted by Gasteiger charge is -2.05. The van der Waals surface area contributed by atoms with Crippen molar-refractivity contribution in [1.82, 2.24) is 0 Å². The number of nitro groups is 1. The number of carboxylic acids is 1. The van der Waals surface area contributed by atoms with Crippen molar-refractivity contribution in [3.63, 3.8) is 0 Å². The minimum Gasteiger partial charge on any atom is -0.494 e. The molecule has 6 heteroatoms. The van der Waals surface area contributed by atoms with Gasteiger partial charge in [-0.1, -0.05) is 19.3 Å². The number of unbranched alkanes of at least 4 members (excludes halogenated alkanes) is 4. The molecule has 0 saturated carbocycles. The zero-order valence-electron chi connectivity index (χ0n) is 11.3. The summed E-state index contributed by atoms with van der Waals surface area (Å²) in [6.07, 6.45) is 4.76. The summed E-state index contributed by atoms with van der Waals surface area (Å²) in [5.74, 6) is -0.118. The average molecular weight is 281 g/mol. The average Bonchev–Trinajstić information content (AvgIpc) is 2.42. The maximum atomic E-state index is 10.5. The maximum Gasteiger partial charge on any atom is 0.303 e. The second kappa shape index (κ2) is 8.90. The number of hydrogen-bond acceptors (Lipinski definition) is 4. The summed E-state index contributed by atoms with van der Waals surface area (Å²) in [5, 5.41) is 18.9. The minimum atomic E-state index is -0.744. The Labute approximate surface area is 117 Å². The van der Waals surface area contributed by atoms with Crippen molar-refractivity contribution in [3.8, 4) is 5.75 Å². The molecule has 0 atom stereocenters. The third-order valence-corrected chi connectivity index (χ3v) is 2.85. The van der Waals surface area contributed by atoms with Crippen molar-refractivity contribution in [3.05, 3.63) is 34.4 Å². The van der Waals surface area contributed by atoms with Crippen LogP contribution in [-0.2, 0) is 4.79 Å². The van der Waals surface area contributed by atoms with E-state index in [1.165, 1.54) is 12.1 Å². The Hall–Kier alpha value is -2.11. The van der Waals surface area contributed by atoms with Gasteiger partial charge in [-0.2, -0.15) is 0 Å². The highest BCUT2D eigenvalue weighted by Gasteiger charge is 2.04. The molecule has 1 N–H and O–H groups in total. The highest BCUT2D eigenvalue weighted by molar-refractivity contribution is 5.66. The third kappa shape index (κ3) is 6.72. The van der Waals surface area contributed by atoms with Gasteiger partial charge in [0.05, 0.1) is 11.5 Å². The van der Waals surface area contributed by atoms with Crippen molar-refractivity contribution >= 4 is 11.7 Å². The summed E-state index contributed by atoms with van der Waals surface area (Å²) in [5.41, 5.74) is 0.0516. The third-order valence-electron chi connectivity index (χ3n) is 2.85. The van der Waals surface area contributed by atoms with E-state index in [4.69, 9.17) is 9.84 Å². The van der Waals surface area contributed by atoms with Gasteiger partial charge in [0.2, 0.25) is 0 Å². The van der Waals surface area contributed by atoms with Crippen molar-refractivity contribution in [2.75, 3.05) is 6.61 Å². The van der Waals surface area contributed by atoms with Gasteiger partial charge < -0.3 is 9.84 Å². The van der Waals surface area contributed by atoms with Gasteiger partial charge >= 0.3 is 5.97 Å². The molecule has 20 heavy (non-hydrogen) atoms. The van der Waals surface area contributed by atoms with E-state index in [0.717, 1.165) is 32.1 Å². The molecule has 0 radical (unpaired) electrons. The molecule has 1 rings (SSSR count). The van der Waals surface area contributed by atoms with Crippen LogP contribution in [0.3, 0.4) is 0 Å². The minimum absolute atomic E-state index is 0.0516. The Balaban J connectivity index is 2.06. The van der Waals surface area contributed by atoms with E-state index in [1.807, 2.05) is 0 Å². The van der Waals surface area contributed by atoms with Gasteiger partial charge in [0.1, 0.15) is 5.75 Å². The molecule has 0 aliphatic carbocycles. The van der Waals surface area contributed by atoms with Gasteiger partial charge in [0.15, 0.2) is 0 Å². The summed E-state index contributed by atoms with van der Waals surface area (Å²) < 4.78 is 5.47.